The van der Waals surface area contributed by atoms with Crippen LogP contribution in [-0.2, 0) is 9.47 Å². The van der Waals surface area contributed by atoms with Gasteiger partial charge in [0.25, 0.3) is 6.43 Å². The fourth-order valence-corrected chi connectivity index (χ4v) is 1.06. The maximum atomic E-state index is 11.7. The molecule has 0 amide bonds. The third kappa shape index (κ3) is 3.00. The first-order valence-electron chi connectivity index (χ1n) is 3.85. The van der Waals surface area contributed by atoms with Crippen LogP contribution in [0.25, 0.3) is 0 Å². The summed E-state index contributed by atoms with van der Waals surface area (Å²) in [6.45, 7) is 0.0364. The minimum absolute atomic E-state index is 0.202. The standard InChI is InChI=1S/C7H12F2O3/c8-7(9)4-12-6-3-11-2-1-5(6)10/h5-7,10H,1-4H2. The van der Waals surface area contributed by atoms with Crippen LogP contribution in [0, 0.1) is 0 Å². The van der Waals surface area contributed by atoms with E-state index in [1.54, 1.807) is 0 Å². The molecule has 1 aliphatic heterocycles. The summed E-state index contributed by atoms with van der Waals surface area (Å²) in [6, 6.07) is 0. The van der Waals surface area contributed by atoms with Crippen molar-refractivity contribution in [3.05, 3.63) is 0 Å². The van der Waals surface area contributed by atoms with Crippen molar-refractivity contribution < 1.29 is 23.4 Å². The van der Waals surface area contributed by atoms with Gasteiger partial charge in [-0.25, -0.2) is 8.78 Å². The number of rotatable bonds is 3. The number of ether oxygens (including phenoxy) is 2. The second-order valence-corrected chi connectivity index (χ2v) is 2.69. The molecule has 1 rings (SSSR count). The fourth-order valence-electron chi connectivity index (χ4n) is 1.06. The summed E-state index contributed by atoms with van der Waals surface area (Å²) in [4.78, 5) is 0. The molecule has 0 saturated carbocycles. The molecule has 1 heterocycles. The van der Waals surface area contributed by atoms with Gasteiger partial charge in [0, 0.05) is 6.61 Å². The summed E-state index contributed by atoms with van der Waals surface area (Å²) < 4.78 is 33.0. The van der Waals surface area contributed by atoms with Gasteiger partial charge < -0.3 is 14.6 Å². The van der Waals surface area contributed by atoms with Crippen LogP contribution in [0.2, 0.25) is 0 Å². The summed E-state index contributed by atoms with van der Waals surface area (Å²) in [5.41, 5.74) is 0. The van der Waals surface area contributed by atoms with Gasteiger partial charge in [0.1, 0.15) is 12.7 Å². The van der Waals surface area contributed by atoms with E-state index in [0.717, 1.165) is 0 Å². The zero-order valence-electron chi connectivity index (χ0n) is 6.58. The van der Waals surface area contributed by atoms with E-state index in [1.165, 1.54) is 0 Å². The number of aliphatic hydroxyl groups excluding tert-OH is 1. The molecule has 1 saturated heterocycles. The average Bonchev–Trinajstić information content (AvgIpc) is 2.03. The molecule has 2 atom stereocenters. The summed E-state index contributed by atoms with van der Waals surface area (Å²) in [5.74, 6) is 0. The first-order valence-corrected chi connectivity index (χ1v) is 3.85. The molecule has 0 radical (unpaired) electrons. The van der Waals surface area contributed by atoms with E-state index in [0.29, 0.717) is 13.0 Å². The van der Waals surface area contributed by atoms with E-state index in [-0.39, 0.29) is 6.61 Å². The highest BCUT2D eigenvalue weighted by atomic mass is 19.3. The highest BCUT2D eigenvalue weighted by Crippen LogP contribution is 2.11. The molecule has 5 heteroatoms. The predicted octanol–water partition coefficient (Wildman–Crippen LogP) is 0.418. The van der Waals surface area contributed by atoms with Crippen LogP contribution in [-0.4, -0.2) is 43.6 Å². The Morgan fingerprint density at radius 1 is 1.58 bits per heavy atom. The SMILES string of the molecule is OC1CCOCC1OCC(F)F. The normalized spacial score (nSPS) is 31.0. The predicted molar refractivity (Wildman–Crippen MR) is 37.2 cm³/mol. The number of hydrogen-bond acceptors (Lipinski definition) is 3. The van der Waals surface area contributed by atoms with Gasteiger partial charge in [0.05, 0.1) is 12.7 Å². The Kier molecular flexibility index (Phi) is 3.84. The largest absolute Gasteiger partial charge is 0.390 e. The maximum Gasteiger partial charge on any atom is 0.261 e. The van der Waals surface area contributed by atoms with Crippen molar-refractivity contribution in [3.63, 3.8) is 0 Å². The van der Waals surface area contributed by atoms with Crippen molar-refractivity contribution in [1.29, 1.82) is 0 Å². The highest BCUT2D eigenvalue weighted by Gasteiger charge is 2.25. The summed E-state index contributed by atoms with van der Waals surface area (Å²) in [7, 11) is 0. The van der Waals surface area contributed by atoms with E-state index in [4.69, 9.17) is 9.47 Å². The molecule has 1 aliphatic rings. The summed E-state index contributed by atoms with van der Waals surface area (Å²) >= 11 is 0. The van der Waals surface area contributed by atoms with Crippen LogP contribution in [0.5, 0.6) is 0 Å². The van der Waals surface area contributed by atoms with Crippen LogP contribution in [0.15, 0.2) is 0 Å². The van der Waals surface area contributed by atoms with Crippen molar-refractivity contribution in [2.24, 2.45) is 0 Å². The van der Waals surface area contributed by atoms with E-state index in [9.17, 15) is 13.9 Å². The zero-order chi connectivity index (χ0) is 8.97. The zero-order valence-corrected chi connectivity index (χ0v) is 6.58. The van der Waals surface area contributed by atoms with Crippen molar-refractivity contribution in [3.8, 4) is 0 Å². The van der Waals surface area contributed by atoms with Gasteiger partial charge in [-0.3, -0.25) is 0 Å². The van der Waals surface area contributed by atoms with Gasteiger partial charge in [-0.15, -0.1) is 0 Å². The molecule has 12 heavy (non-hydrogen) atoms. The van der Waals surface area contributed by atoms with Gasteiger partial charge in [-0.05, 0) is 6.42 Å². The lowest BCUT2D eigenvalue weighted by atomic mass is 10.1. The molecule has 0 aromatic carbocycles. The van der Waals surface area contributed by atoms with Crippen LogP contribution < -0.4 is 0 Å². The topological polar surface area (TPSA) is 38.7 Å². The molecule has 2 unspecified atom stereocenters. The lowest BCUT2D eigenvalue weighted by Gasteiger charge is -2.27. The molecule has 0 bridgehead atoms. The van der Waals surface area contributed by atoms with Crippen LogP contribution >= 0.6 is 0 Å². The quantitative estimate of drug-likeness (QED) is 0.687. The third-order valence-corrected chi connectivity index (χ3v) is 1.71. The van der Waals surface area contributed by atoms with Gasteiger partial charge >= 0.3 is 0 Å². The molecule has 1 fully saturated rings. The first kappa shape index (κ1) is 9.83. The second-order valence-electron chi connectivity index (χ2n) is 2.69. The molecule has 3 nitrogen and oxygen atoms in total. The molecule has 1 N–H and O–H groups in total. The highest BCUT2D eigenvalue weighted by molar-refractivity contribution is 4.72. The van der Waals surface area contributed by atoms with Gasteiger partial charge in [0.2, 0.25) is 0 Å². The van der Waals surface area contributed by atoms with Crippen LogP contribution in [0.3, 0.4) is 0 Å². The number of aliphatic hydroxyl groups is 1. The molecule has 0 aliphatic carbocycles. The molecule has 0 spiro atoms. The number of hydrogen-bond donors (Lipinski definition) is 1. The monoisotopic (exact) mass is 182 g/mol. The lowest BCUT2D eigenvalue weighted by Crippen LogP contribution is -2.39. The van der Waals surface area contributed by atoms with Crippen LogP contribution in [0.4, 0.5) is 8.78 Å². The Labute approximate surface area is 69.3 Å². The first-order chi connectivity index (χ1) is 5.70. The Morgan fingerprint density at radius 2 is 2.33 bits per heavy atom. The Morgan fingerprint density at radius 3 is 2.92 bits per heavy atom. The Balaban J connectivity index is 2.20. The lowest BCUT2D eigenvalue weighted by molar-refractivity contribution is -0.134. The van der Waals surface area contributed by atoms with Crippen molar-refractivity contribution in [1.82, 2.24) is 0 Å². The maximum absolute atomic E-state index is 11.7. The fraction of sp³-hybridized carbons (Fsp3) is 1.00. The Bertz CT molecular complexity index is 132. The molecule has 72 valence electrons. The van der Waals surface area contributed by atoms with E-state index >= 15 is 0 Å². The van der Waals surface area contributed by atoms with Gasteiger partial charge in [-0.1, -0.05) is 0 Å². The van der Waals surface area contributed by atoms with Gasteiger partial charge in [-0.2, -0.15) is 0 Å². The number of halogens is 2. The van der Waals surface area contributed by atoms with Crippen molar-refractivity contribution >= 4 is 0 Å². The summed E-state index contributed by atoms with van der Waals surface area (Å²) in [5, 5.41) is 9.23. The minimum Gasteiger partial charge on any atom is -0.390 e. The number of alkyl halides is 2. The van der Waals surface area contributed by atoms with Crippen LogP contribution in [0.1, 0.15) is 6.42 Å². The molecule has 0 aromatic rings. The van der Waals surface area contributed by atoms with Crippen molar-refractivity contribution in [2.75, 3.05) is 19.8 Å². The molecular formula is C7H12F2O3. The average molecular weight is 182 g/mol. The Hall–Kier alpha value is -0.260. The van der Waals surface area contributed by atoms with Crippen molar-refractivity contribution in [2.45, 2.75) is 25.1 Å². The van der Waals surface area contributed by atoms with Gasteiger partial charge in [0.15, 0.2) is 0 Å². The molecular weight excluding hydrogens is 170 g/mol. The third-order valence-electron chi connectivity index (χ3n) is 1.71. The molecule has 0 aromatic heterocycles. The van der Waals surface area contributed by atoms with E-state index in [1.807, 2.05) is 0 Å². The second kappa shape index (κ2) is 4.69. The van der Waals surface area contributed by atoms with E-state index < -0.39 is 25.2 Å². The van der Waals surface area contributed by atoms with E-state index in [2.05, 4.69) is 0 Å². The minimum atomic E-state index is -2.49. The smallest absolute Gasteiger partial charge is 0.261 e. The summed E-state index contributed by atoms with van der Waals surface area (Å²) in [6.07, 6.45) is -3.29.